The number of methoxy groups -OCH3 is 1. The Kier molecular flexibility index (Phi) is 7.85. The lowest BCUT2D eigenvalue weighted by Gasteiger charge is -2.34. The first kappa shape index (κ1) is 21.3. The maximum atomic E-state index is 12.0. The summed E-state index contributed by atoms with van der Waals surface area (Å²) in [5.41, 5.74) is -1.86. The molecule has 0 saturated carbocycles. The fourth-order valence-corrected chi connectivity index (χ4v) is 1.68. The molecule has 0 bridgehead atoms. The zero-order chi connectivity index (χ0) is 19.0. The van der Waals surface area contributed by atoms with Crippen molar-refractivity contribution in [3.8, 4) is 24.2 Å². The zero-order valence-electron chi connectivity index (χ0n) is 14.9. The quantitative estimate of drug-likeness (QED) is 0.576. The SMILES string of the molecule is C#CC#CCC(=O)N[C@H](C(=O)OC)C(C)(C)NC(=O)OC(C)(C)C. The number of ether oxygens (including phenoxy) is 2. The summed E-state index contributed by atoms with van der Waals surface area (Å²) in [6.07, 6.45) is 4.07. The van der Waals surface area contributed by atoms with E-state index in [1.165, 1.54) is 7.11 Å². The van der Waals surface area contributed by atoms with Crippen molar-refractivity contribution in [1.29, 1.82) is 0 Å². The monoisotopic (exact) mass is 336 g/mol. The number of alkyl carbamates (subject to hydrolysis) is 1. The normalized spacial score (nSPS) is 11.9. The van der Waals surface area contributed by atoms with E-state index in [0.717, 1.165) is 0 Å². The molecule has 0 radical (unpaired) electrons. The van der Waals surface area contributed by atoms with Gasteiger partial charge in [-0.25, -0.2) is 9.59 Å². The van der Waals surface area contributed by atoms with Crippen molar-refractivity contribution in [2.24, 2.45) is 0 Å². The van der Waals surface area contributed by atoms with E-state index in [1.54, 1.807) is 34.6 Å². The third kappa shape index (κ3) is 8.09. The van der Waals surface area contributed by atoms with Crippen LogP contribution in [0.1, 0.15) is 41.0 Å². The van der Waals surface area contributed by atoms with Crippen molar-refractivity contribution in [1.82, 2.24) is 10.6 Å². The Balaban J connectivity index is 5.14. The van der Waals surface area contributed by atoms with Gasteiger partial charge in [-0.3, -0.25) is 4.79 Å². The molecule has 0 saturated heterocycles. The van der Waals surface area contributed by atoms with Crippen LogP contribution in [0.2, 0.25) is 0 Å². The summed E-state index contributed by atoms with van der Waals surface area (Å²) in [5, 5.41) is 5.04. The van der Waals surface area contributed by atoms with Gasteiger partial charge in [0, 0.05) is 0 Å². The fraction of sp³-hybridized carbons (Fsp3) is 0.588. The van der Waals surface area contributed by atoms with Crippen LogP contribution in [0.4, 0.5) is 4.79 Å². The van der Waals surface area contributed by atoms with Gasteiger partial charge in [-0.05, 0) is 46.5 Å². The molecule has 0 aromatic heterocycles. The molecule has 0 fully saturated rings. The zero-order valence-corrected chi connectivity index (χ0v) is 14.9. The molecule has 0 aliphatic heterocycles. The van der Waals surface area contributed by atoms with Gasteiger partial charge in [0.2, 0.25) is 5.91 Å². The first-order valence-corrected chi connectivity index (χ1v) is 7.24. The van der Waals surface area contributed by atoms with Gasteiger partial charge < -0.3 is 20.1 Å². The van der Waals surface area contributed by atoms with E-state index < -0.39 is 35.2 Å². The van der Waals surface area contributed by atoms with Crippen LogP contribution >= 0.6 is 0 Å². The van der Waals surface area contributed by atoms with Crippen LogP contribution < -0.4 is 10.6 Å². The van der Waals surface area contributed by atoms with Crippen molar-refractivity contribution in [3.05, 3.63) is 0 Å². The summed E-state index contributed by atoms with van der Waals surface area (Å²) in [6, 6.07) is -1.13. The number of esters is 1. The van der Waals surface area contributed by atoms with Crippen LogP contribution in [0.25, 0.3) is 0 Å². The molecule has 0 spiro atoms. The van der Waals surface area contributed by atoms with E-state index in [-0.39, 0.29) is 6.42 Å². The van der Waals surface area contributed by atoms with Gasteiger partial charge in [-0.1, -0.05) is 5.92 Å². The summed E-state index contributed by atoms with van der Waals surface area (Å²) in [4.78, 5) is 35.8. The van der Waals surface area contributed by atoms with Gasteiger partial charge in [-0.15, -0.1) is 6.42 Å². The summed E-state index contributed by atoms with van der Waals surface area (Å²) in [5.74, 6) is 5.61. The third-order valence-corrected chi connectivity index (χ3v) is 2.70. The number of amides is 2. The van der Waals surface area contributed by atoms with Crippen molar-refractivity contribution in [2.75, 3.05) is 7.11 Å². The van der Waals surface area contributed by atoms with E-state index in [0.29, 0.717) is 0 Å². The maximum absolute atomic E-state index is 12.0. The molecule has 24 heavy (non-hydrogen) atoms. The maximum Gasteiger partial charge on any atom is 0.408 e. The lowest BCUT2D eigenvalue weighted by molar-refractivity contribution is -0.147. The summed E-state index contributed by atoms with van der Waals surface area (Å²) in [6.45, 7) is 8.26. The number of carbonyl (C=O) groups excluding carboxylic acids is 3. The highest BCUT2D eigenvalue weighted by molar-refractivity contribution is 5.87. The highest BCUT2D eigenvalue weighted by atomic mass is 16.6. The molecule has 0 aliphatic carbocycles. The van der Waals surface area contributed by atoms with Crippen LogP contribution in [0.3, 0.4) is 0 Å². The van der Waals surface area contributed by atoms with Crippen molar-refractivity contribution >= 4 is 18.0 Å². The van der Waals surface area contributed by atoms with Gasteiger partial charge in [0.15, 0.2) is 0 Å². The second kappa shape index (κ2) is 8.83. The first-order valence-electron chi connectivity index (χ1n) is 7.24. The standard InChI is InChI=1S/C17H24N2O5/c1-8-9-10-11-12(20)18-13(14(21)23-7)17(5,6)19-15(22)24-16(2,3)4/h1,13H,11H2,2-7H3,(H,18,20)(H,19,22)/t13-/m1/s1. The molecule has 0 aromatic rings. The van der Waals surface area contributed by atoms with Crippen molar-refractivity contribution in [2.45, 2.75) is 58.2 Å². The molecule has 0 aliphatic rings. The Bertz CT molecular complexity index is 585. The number of nitrogens with one attached hydrogen (secondary N) is 2. The minimum Gasteiger partial charge on any atom is -0.467 e. The van der Waals surface area contributed by atoms with Gasteiger partial charge >= 0.3 is 12.1 Å². The van der Waals surface area contributed by atoms with E-state index in [9.17, 15) is 14.4 Å². The summed E-state index contributed by atoms with van der Waals surface area (Å²) < 4.78 is 9.86. The third-order valence-electron chi connectivity index (χ3n) is 2.70. The molecular weight excluding hydrogens is 312 g/mol. The smallest absolute Gasteiger partial charge is 0.408 e. The van der Waals surface area contributed by atoms with E-state index in [2.05, 4.69) is 28.4 Å². The molecule has 1 atom stereocenters. The predicted molar refractivity (Wildman–Crippen MR) is 88.6 cm³/mol. The van der Waals surface area contributed by atoms with E-state index in [4.69, 9.17) is 15.9 Å². The number of rotatable bonds is 5. The van der Waals surface area contributed by atoms with Crippen LogP contribution in [0.5, 0.6) is 0 Å². The number of carbonyl (C=O) groups is 3. The van der Waals surface area contributed by atoms with Gasteiger partial charge in [0.25, 0.3) is 0 Å². The van der Waals surface area contributed by atoms with Gasteiger partial charge in [0.05, 0.1) is 19.1 Å². The van der Waals surface area contributed by atoms with Crippen molar-refractivity contribution in [3.63, 3.8) is 0 Å². The lowest BCUT2D eigenvalue weighted by Crippen LogP contribution is -2.62. The average molecular weight is 336 g/mol. The van der Waals surface area contributed by atoms with Crippen LogP contribution in [0.15, 0.2) is 0 Å². The second-order valence-electron chi connectivity index (χ2n) is 6.50. The molecule has 7 nitrogen and oxygen atoms in total. The first-order chi connectivity index (χ1) is 10.9. The highest BCUT2D eigenvalue weighted by Gasteiger charge is 2.39. The number of hydrogen-bond donors (Lipinski definition) is 2. The average Bonchev–Trinajstić information content (AvgIpc) is 2.41. The molecule has 0 heterocycles. The van der Waals surface area contributed by atoms with E-state index in [1.807, 2.05) is 0 Å². The Labute approximate surface area is 142 Å². The molecule has 0 unspecified atom stereocenters. The Morgan fingerprint density at radius 3 is 2.21 bits per heavy atom. The Hall–Kier alpha value is -2.67. The molecule has 7 heteroatoms. The Morgan fingerprint density at radius 1 is 1.17 bits per heavy atom. The molecule has 0 aromatic carbocycles. The second-order valence-corrected chi connectivity index (χ2v) is 6.50. The highest BCUT2D eigenvalue weighted by Crippen LogP contribution is 2.14. The number of terminal acetylenes is 1. The van der Waals surface area contributed by atoms with Crippen LogP contribution in [-0.2, 0) is 19.1 Å². The lowest BCUT2D eigenvalue weighted by atomic mass is 9.94. The molecule has 132 valence electrons. The Morgan fingerprint density at radius 2 is 1.75 bits per heavy atom. The summed E-state index contributed by atoms with van der Waals surface area (Å²) >= 11 is 0. The topological polar surface area (TPSA) is 93.7 Å². The van der Waals surface area contributed by atoms with Gasteiger partial charge in [0.1, 0.15) is 11.6 Å². The van der Waals surface area contributed by atoms with Gasteiger partial charge in [-0.2, -0.15) is 0 Å². The number of hydrogen-bond acceptors (Lipinski definition) is 5. The van der Waals surface area contributed by atoms with Crippen LogP contribution in [-0.4, -0.2) is 42.3 Å². The summed E-state index contributed by atoms with van der Waals surface area (Å²) in [7, 11) is 1.18. The fourth-order valence-electron chi connectivity index (χ4n) is 1.68. The van der Waals surface area contributed by atoms with E-state index >= 15 is 0 Å². The van der Waals surface area contributed by atoms with Crippen molar-refractivity contribution < 1.29 is 23.9 Å². The molecule has 0 rings (SSSR count). The molecule has 2 amide bonds. The minimum absolute atomic E-state index is 0.180. The minimum atomic E-state index is -1.16. The molecular formula is C17H24N2O5. The molecule has 2 N–H and O–H groups in total. The largest absolute Gasteiger partial charge is 0.467 e. The van der Waals surface area contributed by atoms with Crippen LogP contribution in [0, 0.1) is 24.2 Å². The predicted octanol–water partition coefficient (Wildman–Crippen LogP) is 0.974.